The van der Waals surface area contributed by atoms with Crippen LogP contribution in [0, 0.1) is 5.82 Å². The van der Waals surface area contributed by atoms with Gasteiger partial charge in [0.2, 0.25) is 0 Å². The van der Waals surface area contributed by atoms with Crippen LogP contribution in [0.1, 0.15) is 21.7 Å². The van der Waals surface area contributed by atoms with Gasteiger partial charge in [-0.3, -0.25) is 4.90 Å². The molecule has 1 fully saturated rings. The first-order valence-corrected chi connectivity index (χ1v) is 6.15. The number of hydrogen-bond acceptors (Lipinski definition) is 2. The van der Waals surface area contributed by atoms with Gasteiger partial charge in [0, 0.05) is 13.7 Å². The molecule has 1 aromatic rings. The van der Waals surface area contributed by atoms with Gasteiger partial charge in [0.1, 0.15) is 5.82 Å². The number of rotatable bonds is 1. The highest BCUT2D eigenvalue weighted by Gasteiger charge is 2.32. The van der Waals surface area contributed by atoms with E-state index in [1.54, 1.807) is 0 Å². The number of halogens is 1. The average molecular weight is 269 g/mol. The molecule has 0 unspecified atom stereocenters. The molecule has 1 aliphatic heterocycles. The maximum absolute atomic E-state index is 12.7. The molecule has 0 aromatic heterocycles. The van der Waals surface area contributed by atoms with Crippen molar-refractivity contribution >= 4 is 17.7 Å². The number of nitrogens with zero attached hydrogens (tertiary/aromatic N) is 2. The van der Waals surface area contributed by atoms with Crippen LogP contribution in [0.5, 0.6) is 0 Å². The quantitative estimate of drug-likeness (QED) is 0.851. The van der Waals surface area contributed by atoms with Crippen molar-refractivity contribution < 1.29 is 15.4 Å². The van der Waals surface area contributed by atoms with E-state index in [2.05, 4.69) is 13.8 Å². The molecule has 0 bridgehead atoms. The van der Waals surface area contributed by atoms with Gasteiger partial charge >= 0.3 is 12.1 Å². The summed E-state index contributed by atoms with van der Waals surface area (Å²) < 4.78 is 12.7. The highest BCUT2D eigenvalue weighted by atomic mass is 19.1. The first-order chi connectivity index (χ1) is 9.01. The Labute approximate surface area is 113 Å². The van der Waals surface area contributed by atoms with E-state index in [0.717, 1.165) is 4.90 Å². The van der Waals surface area contributed by atoms with Gasteiger partial charge in [0.05, 0.1) is 6.54 Å². The number of nitrogens with two attached hydrogens (primary N) is 1. The van der Waals surface area contributed by atoms with E-state index in [-0.39, 0.29) is 13.8 Å². The zero-order valence-electron chi connectivity index (χ0n) is 11.1. The van der Waals surface area contributed by atoms with Gasteiger partial charge in [-0.05, 0) is 24.3 Å². The number of primary amides is 1. The number of urea groups is 2. The van der Waals surface area contributed by atoms with Crippen LogP contribution < -0.4 is 10.6 Å². The number of imide groups is 1. The lowest BCUT2D eigenvalue weighted by atomic mass is 10.3. The number of hydrogen-bond donors (Lipinski definition) is 1. The van der Waals surface area contributed by atoms with E-state index in [9.17, 15) is 14.0 Å². The zero-order chi connectivity index (χ0) is 14.4. The number of carbonyl (C=O) groups excluding carboxylic acids is 2. The van der Waals surface area contributed by atoms with Gasteiger partial charge in [-0.25, -0.2) is 18.9 Å². The van der Waals surface area contributed by atoms with Crippen LogP contribution in [0.15, 0.2) is 24.3 Å². The fourth-order valence-electron chi connectivity index (χ4n) is 1.60. The zero-order valence-corrected chi connectivity index (χ0v) is 11.1. The van der Waals surface area contributed by atoms with E-state index >= 15 is 0 Å². The monoisotopic (exact) mass is 269 g/mol. The van der Waals surface area contributed by atoms with E-state index in [1.807, 2.05) is 0 Å². The maximum atomic E-state index is 12.7. The summed E-state index contributed by atoms with van der Waals surface area (Å²) in [4.78, 5) is 24.9. The summed E-state index contributed by atoms with van der Waals surface area (Å²) in [7, 11) is 0. The number of anilines is 1. The van der Waals surface area contributed by atoms with Crippen molar-refractivity contribution in [2.45, 2.75) is 20.3 Å². The summed E-state index contributed by atoms with van der Waals surface area (Å²) in [6.45, 7) is 4.87. The maximum Gasteiger partial charge on any atom is 0.332 e. The Morgan fingerprint density at radius 3 is 2.26 bits per heavy atom. The molecule has 5 nitrogen and oxygen atoms in total. The first kappa shape index (κ1) is 14.9. The Bertz CT molecular complexity index is 453. The summed E-state index contributed by atoms with van der Waals surface area (Å²) in [6.07, 6.45) is 1.25. The minimum absolute atomic E-state index is 0. The van der Waals surface area contributed by atoms with Gasteiger partial charge < -0.3 is 5.73 Å². The van der Waals surface area contributed by atoms with Crippen LogP contribution >= 0.6 is 0 Å². The molecule has 1 heterocycles. The fourth-order valence-corrected chi connectivity index (χ4v) is 1.60. The minimum atomic E-state index is -0.769. The summed E-state index contributed by atoms with van der Waals surface area (Å²) >= 11 is 0. The molecule has 1 aromatic carbocycles. The third kappa shape index (κ3) is 3.67. The predicted molar refractivity (Wildman–Crippen MR) is 73.5 cm³/mol. The van der Waals surface area contributed by atoms with Gasteiger partial charge in [-0.1, -0.05) is 20.3 Å². The Balaban J connectivity index is 0.000000830. The minimum Gasteiger partial charge on any atom is -0.351 e. The van der Waals surface area contributed by atoms with Crippen LogP contribution in [-0.2, 0) is 0 Å². The van der Waals surface area contributed by atoms with Crippen LogP contribution in [0.4, 0.5) is 19.7 Å². The molecular formula is C13H20FN3O2. The summed E-state index contributed by atoms with van der Waals surface area (Å²) in [6, 6.07) is 4.24. The van der Waals surface area contributed by atoms with Gasteiger partial charge in [-0.2, -0.15) is 0 Å². The molecule has 2 rings (SSSR count). The van der Waals surface area contributed by atoms with Crippen molar-refractivity contribution in [3.05, 3.63) is 30.1 Å². The van der Waals surface area contributed by atoms with Crippen molar-refractivity contribution in [1.82, 2.24) is 4.90 Å². The molecule has 0 saturated carbocycles. The highest BCUT2D eigenvalue weighted by molar-refractivity contribution is 6.03. The summed E-state index contributed by atoms with van der Waals surface area (Å²) in [5.41, 5.74) is 5.58. The molecule has 0 spiro atoms. The highest BCUT2D eigenvalue weighted by Crippen LogP contribution is 2.20. The normalized spacial score (nSPS) is 14.2. The number of benzene rings is 1. The molecule has 0 aliphatic carbocycles. The van der Waals surface area contributed by atoms with Gasteiger partial charge in [0.15, 0.2) is 0 Å². The van der Waals surface area contributed by atoms with E-state index < -0.39 is 12.1 Å². The Kier molecular flexibility index (Phi) is 5.29. The second-order valence-corrected chi connectivity index (χ2v) is 4.11. The van der Waals surface area contributed by atoms with E-state index in [4.69, 9.17) is 5.73 Å². The lowest BCUT2D eigenvalue weighted by molar-refractivity contribution is 0.206. The topological polar surface area (TPSA) is 66.6 Å². The standard InChI is InChI=1S/C10H10FN3O2.C3H8.H2/c11-7-1-3-8(4-2-7)13-5-6-14(9(12)15)10(13)16;1-3-2;/h1-4H,5-6H2,(H2,12,15);3H2,1-2H3;1H. The number of carbonyl (C=O) groups is 2. The number of amides is 4. The van der Waals surface area contributed by atoms with Crippen molar-refractivity contribution in [2.24, 2.45) is 5.73 Å². The second-order valence-electron chi connectivity index (χ2n) is 4.11. The molecular weight excluding hydrogens is 249 g/mol. The lowest BCUT2D eigenvalue weighted by Gasteiger charge is -2.16. The molecule has 0 atom stereocenters. The largest absolute Gasteiger partial charge is 0.351 e. The average Bonchev–Trinajstić information content (AvgIpc) is 2.73. The molecule has 6 heteroatoms. The first-order valence-electron chi connectivity index (χ1n) is 6.15. The van der Waals surface area contributed by atoms with E-state index in [0.29, 0.717) is 12.2 Å². The van der Waals surface area contributed by atoms with Gasteiger partial charge in [0.25, 0.3) is 0 Å². The van der Waals surface area contributed by atoms with Crippen LogP contribution in [0.2, 0.25) is 0 Å². The molecule has 1 aliphatic rings. The molecule has 0 radical (unpaired) electrons. The van der Waals surface area contributed by atoms with Crippen molar-refractivity contribution in [1.29, 1.82) is 0 Å². The Morgan fingerprint density at radius 1 is 1.32 bits per heavy atom. The van der Waals surface area contributed by atoms with Crippen LogP contribution in [-0.4, -0.2) is 30.1 Å². The van der Waals surface area contributed by atoms with Crippen molar-refractivity contribution in [2.75, 3.05) is 18.0 Å². The fraction of sp³-hybridized carbons (Fsp3) is 0.385. The van der Waals surface area contributed by atoms with Crippen molar-refractivity contribution in [3.63, 3.8) is 0 Å². The Morgan fingerprint density at radius 2 is 1.84 bits per heavy atom. The lowest BCUT2D eigenvalue weighted by Crippen LogP contribution is -2.39. The van der Waals surface area contributed by atoms with Crippen LogP contribution in [0.25, 0.3) is 0 Å². The molecule has 4 amide bonds. The SMILES string of the molecule is CCC.NC(=O)N1CCN(c2ccc(F)cc2)C1=O.[HH]. The molecule has 19 heavy (non-hydrogen) atoms. The molecule has 106 valence electrons. The van der Waals surface area contributed by atoms with Crippen LogP contribution in [0.3, 0.4) is 0 Å². The molecule has 2 N–H and O–H groups in total. The van der Waals surface area contributed by atoms with Gasteiger partial charge in [-0.15, -0.1) is 0 Å². The third-order valence-electron chi connectivity index (χ3n) is 2.41. The third-order valence-corrected chi connectivity index (χ3v) is 2.41. The van der Waals surface area contributed by atoms with Crippen molar-refractivity contribution in [3.8, 4) is 0 Å². The summed E-state index contributed by atoms with van der Waals surface area (Å²) in [5, 5.41) is 0. The molecule has 1 saturated heterocycles. The second kappa shape index (κ2) is 6.72. The predicted octanol–water partition coefficient (Wildman–Crippen LogP) is 2.81. The summed E-state index contributed by atoms with van der Waals surface area (Å²) in [5.74, 6) is -0.373. The van der Waals surface area contributed by atoms with E-state index in [1.165, 1.54) is 35.6 Å². The Hall–Kier alpha value is -2.11. The smallest absolute Gasteiger partial charge is 0.332 e.